The molecule has 0 saturated heterocycles. The highest BCUT2D eigenvalue weighted by atomic mass is 16.4. The average molecular weight is 299 g/mol. The van der Waals surface area contributed by atoms with Crippen LogP contribution in [0.2, 0.25) is 0 Å². The predicted octanol–water partition coefficient (Wildman–Crippen LogP) is 0.845. The molecule has 0 aromatic heterocycles. The Morgan fingerprint density at radius 3 is 2.57 bits per heavy atom. The Bertz CT molecular complexity index is 400. The number of carbonyl (C=O) groups is 3. The number of nitrogens with one attached hydrogen (secondary N) is 3. The van der Waals surface area contributed by atoms with Crippen molar-refractivity contribution in [2.45, 2.75) is 51.5 Å². The molecule has 0 radical (unpaired) electrons. The Morgan fingerprint density at radius 2 is 2.00 bits per heavy atom. The zero-order valence-electron chi connectivity index (χ0n) is 12.7. The molecule has 0 aliphatic heterocycles. The Balaban J connectivity index is 2.50. The molecule has 2 atom stereocenters. The highest BCUT2D eigenvalue weighted by Crippen LogP contribution is 2.32. The number of rotatable bonds is 6. The van der Waals surface area contributed by atoms with Crippen LogP contribution in [0.4, 0.5) is 4.79 Å². The topological polar surface area (TPSA) is 108 Å². The molecule has 2 unspecified atom stereocenters. The number of urea groups is 1. The second kappa shape index (κ2) is 7.85. The molecule has 1 aliphatic rings. The van der Waals surface area contributed by atoms with Crippen molar-refractivity contribution in [3.05, 3.63) is 0 Å². The number of hydrogen-bond donors (Lipinski definition) is 4. The maximum absolute atomic E-state index is 11.8. The van der Waals surface area contributed by atoms with E-state index in [2.05, 4.69) is 16.0 Å². The van der Waals surface area contributed by atoms with E-state index in [-0.39, 0.29) is 18.4 Å². The molecule has 21 heavy (non-hydrogen) atoms. The molecule has 7 nitrogen and oxygen atoms in total. The van der Waals surface area contributed by atoms with Crippen molar-refractivity contribution in [3.8, 4) is 0 Å². The summed E-state index contributed by atoms with van der Waals surface area (Å²) in [6.45, 7) is 4.31. The van der Waals surface area contributed by atoms with Crippen LogP contribution in [0.1, 0.15) is 46.0 Å². The van der Waals surface area contributed by atoms with Gasteiger partial charge in [-0.2, -0.15) is 0 Å². The number of aliphatic carboxylic acids is 1. The van der Waals surface area contributed by atoms with Crippen molar-refractivity contribution >= 4 is 17.9 Å². The molecule has 0 aromatic carbocycles. The normalized spacial score (nSPS) is 25.0. The molecule has 0 heterocycles. The Kier molecular flexibility index (Phi) is 6.45. The van der Waals surface area contributed by atoms with Crippen molar-refractivity contribution in [2.24, 2.45) is 5.92 Å². The van der Waals surface area contributed by atoms with E-state index in [9.17, 15) is 19.5 Å². The van der Waals surface area contributed by atoms with E-state index in [1.165, 1.54) is 0 Å². The summed E-state index contributed by atoms with van der Waals surface area (Å²) in [4.78, 5) is 34.7. The highest BCUT2D eigenvalue weighted by molar-refractivity contribution is 5.88. The summed E-state index contributed by atoms with van der Waals surface area (Å²) in [7, 11) is 0. The number of carboxylic acid groups (broad SMARTS) is 1. The molecule has 0 aromatic rings. The largest absolute Gasteiger partial charge is 0.480 e. The molecule has 1 saturated carbocycles. The second-order valence-corrected chi connectivity index (χ2v) is 5.75. The van der Waals surface area contributed by atoms with Crippen LogP contribution in [-0.2, 0) is 9.59 Å². The van der Waals surface area contributed by atoms with Crippen molar-refractivity contribution in [2.75, 3.05) is 13.1 Å². The molecule has 1 aliphatic carbocycles. The quantitative estimate of drug-likeness (QED) is 0.583. The fourth-order valence-corrected chi connectivity index (χ4v) is 2.66. The number of hydrogen-bond acceptors (Lipinski definition) is 3. The third-order valence-corrected chi connectivity index (χ3v) is 3.74. The van der Waals surface area contributed by atoms with Gasteiger partial charge in [0, 0.05) is 6.54 Å². The smallest absolute Gasteiger partial charge is 0.329 e. The molecular formula is C14H25N3O4. The first-order valence-electron chi connectivity index (χ1n) is 7.45. The van der Waals surface area contributed by atoms with Crippen molar-refractivity contribution in [1.29, 1.82) is 0 Å². The molecule has 4 N–H and O–H groups in total. The SMILES string of the molecule is CCCNC(=O)CNC(=O)NC1(C(=O)O)CCCC(C)C1. The van der Waals surface area contributed by atoms with Gasteiger partial charge in [0.1, 0.15) is 5.54 Å². The zero-order chi connectivity index (χ0) is 15.9. The van der Waals surface area contributed by atoms with Gasteiger partial charge in [0.25, 0.3) is 0 Å². The third-order valence-electron chi connectivity index (χ3n) is 3.74. The van der Waals surface area contributed by atoms with E-state index >= 15 is 0 Å². The van der Waals surface area contributed by atoms with E-state index in [1.807, 2.05) is 13.8 Å². The van der Waals surface area contributed by atoms with E-state index in [1.54, 1.807) is 0 Å². The first kappa shape index (κ1) is 17.3. The number of carboxylic acids is 1. The minimum Gasteiger partial charge on any atom is -0.480 e. The minimum atomic E-state index is -1.22. The fraction of sp³-hybridized carbons (Fsp3) is 0.786. The summed E-state index contributed by atoms with van der Waals surface area (Å²) in [5.74, 6) is -1.05. The number of amides is 3. The van der Waals surface area contributed by atoms with Crippen molar-refractivity contribution in [1.82, 2.24) is 16.0 Å². The van der Waals surface area contributed by atoms with E-state index in [0.29, 0.717) is 19.4 Å². The molecule has 120 valence electrons. The average Bonchev–Trinajstić information content (AvgIpc) is 2.42. The van der Waals surface area contributed by atoms with E-state index in [4.69, 9.17) is 0 Å². The first-order chi connectivity index (χ1) is 9.89. The Labute approximate surface area is 124 Å². The summed E-state index contributed by atoms with van der Waals surface area (Å²) >= 11 is 0. The predicted molar refractivity (Wildman–Crippen MR) is 77.8 cm³/mol. The number of carbonyl (C=O) groups excluding carboxylic acids is 2. The second-order valence-electron chi connectivity index (χ2n) is 5.75. The monoisotopic (exact) mass is 299 g/mol. The van der Waals surface area contributed by atoms with Crippen LogP contribution in [0.3, 0.4) is 0 Å². The van der Waals surface area contributed by atoms with Crippen LogP contribution in [0.25, 0.3) is 0 Å². The van der Waals surface area contributed by atoms with E-state index in [0.717, 1.165) is 19.3 Å². The molecular weight excluding hydrogens is 274 g/mol. The Hall–Kier alpha value is -1.79. The van der Waals surface area contributed by atoms with Crippen LogP contribution >= 0.6 is 0 Å². The third kappa shape index (κ3) is 5.24. The Morgan fingerprint density at radius 1 is 1.29 bits per heavy atom. The summed E-state index contributed by atoms with van der Waals surface area (Å²) in [6, 6.07) is -0.613. The summed E-state index contributed by atoms with van der Waals surface area (Å²) in [5.41, 5.74) is -1.22. The van der Waals surface area contributed by atoms with Crippen molar-refractivity contribution in [3.63, 3.8) is 0 Å². The van der Waals surface area contributed by atoms with Crippen molar-refractivity contribution < 1.29 is 19.5 Å². The maximum Gasteiger partial charge on any atom is 0.329 e. The van der Waals surface area contributed by atoms with Gasteiger partial charge in [-0.15, -0.1) is 0 Å². The van der Waals surface area contributed by atoms with Crippen LogP contribution in [0.15, 0.2) is 0 Å². The summed E-state index contributed by atoms with van der Waals surface area (Å²) in [5, 5.41) is 17.0. The summed E-state index contributed by atoms with van der Waals surface area (Å²) < 4.78 is 0. The lowest BCUT2D eigenvalue weighted by molar-refractivity contribution is -0.146. The zero-order valence-corrected chi connectivity index (χ0v) is 12.7. The van der Waals surface area contributed by atoms with Crippen LogP contribution in [-0.4, -0.2) is 41.6 Å². The van der Waals surface area contributed by atoms with Gasteiger partial charge >= 0.3 is 12.0 Å². The highest BCUT2D eigenvalue weighted by Gasteiger charge is 2.43. The minimum absolute atomic E-state index is 0.156. The molecule has 0 bridgehead atoms. The van der Waals surface area contributed by atoms with Gasteiger partial charge in [0.15, 0.2) is 0 Å². The molecule has 1 rings (SSSR count). The van der Waals surface area contributed by atoms with E-state index < -0.39 is 17.5 Å². The molecule has 3 amide bonds. The molecule has 1 fully saturated rings. The summed E-state index contributed by atoms with van der Waals surface area (Å²) in [6.07, 6.45) is 3.39. The van der Waals surface area contributed by atoms with Gasteiger partial charge in [-0.25, -0.2) is 9.59 Å². The standard InChI is InChI=1S/C14H25N3O4/c1-3-7-15-11(18)9-16-13(21)17-14(12(19)20)6-4-5-10(2)8-14/h10H,3-9H2,1-2H3,(H,15,18)(H,19,20)(H2,16,17,21). The fourth-order valence-electron chi connectivity index (χ4n) is 2.66. The van der Waals surface area contributed by atoms with Gasteiger partial charge in [-0.05, 0) is 25.2 Å². The molecule has 7 heteroatoms. The van der Waals surface area contributed by atoms with Crippen LogP contribution < -0.4 is 16.0 Å². The molecule has 0 spiro atoms. The maximum atomic E-state index is 11.8. The van der Waals surface area contributed by atoms with Crippen LogP contribution in [0, 0.1) is 5.92 Å². The van der Waals surface area contributed by atoms with Crippen LogP contribution in [0.5, 0.6) is 0 Å². The first-order valence-corrected chi connectivity index (χ1v) is 7.45. The van der Waals surface area contributed by atoms with Gasteiger partial charge in [-0.3, -0.25) is 4.79 Å². The van der Waals surface area contributed by atoms with Gasteiger partial charge in [0.05, 0.1) is 6.54 Å². The lowest BCUT2D eigenvalue weighted by atomic mass is 9.76. The lowest BCUT2D eigenvalue weighted by Crippen LogP contribution is -2.59. The van der Waals surface area contributed by atoms with Gasteiger partial charge < -0.3 is 21.1 Å². The lowest BCUT2D eigenvalue weighted by Gasteiger charge is -2.36. The van der Waals surface area contributed by atoms with Gasteiger partial charge in [0.2, 0.25) is 5.91 Å². The van der Waals surface area contributed by atoms with Gasteiger partial charge in [-0.1, -0.05) is 26.7 Å².